The van der Waals surface area contributed by atoms with Gasteiger partial charge in [0, 0.05) is 12.0 Å². The van der Waals surface area contributed by atoms with E-state index in [4.69, 9.17) is 0 Å². The molecule has 0 atom stereocenters. The van der Waals surface area contributed by atoms with Gasteiger partial charge in [-0.25, -0.2) is 4.98 Å². The van der Waals surface area contributed by atoms with E-state index >= 15 is 0 Å². The maximum Gasteiger partial charge on any atom is 0.254 e. The molecule has 0 aliphatic rings. The van der Waals surface area contributed by atoms with E-state index in [0.29, 0.717) is 5.92 Å². The first-order valence-corrected chi connectivity index (χ1v) is 5.16. The van der Waals surface area contributed by atoms with Gasteiger partial charge in [0.15, 0.2) is 0 Å². The molecule has 1 aromatic heterocycles. The van der Waals surface area contributed by atoms with Crippen LogP contribution in [0.3, 0.4) is 0 Å². The predicted octanol–water partition coefficient (Wildman–Crippen LogP) is 2.15. The van der Waals surface area contributed by atoms with E-state index in [1.165, 1.54) is 0 Å². The molecule has 3 nitrogen and oxygen atoms in total. The third-order valence-corrected chi connectivity index (χ3v) is 2.27. The Kier molecular flexibility index (Phi) is 3.44. The van der Waals surface area contributed by atoms with Crippen LogP contribution in [0.5, 0.6) is 0 Å². The molecular weight excluding hydrogens is 176 g/mol. The van der Waals surface area contributed by atoms with E-state index < -0.39 is 0 Å². The van der Waals surface area contributed by atoms with E-state index in [-0.39, 0.29) is 5.56 Å². The number of nitrogens with zero attached hydrogens (tertiary/aromatic N) is 1. The molecule has 78 valence electrons. The third kappa shape index (κ3) is 2.22. The Morgan fingerprint density at radius 3 is 2.57 bits per heavy atom. The Balaban J connectivity index is 3.21. The third-order valence-electron chi connectivity index (χ3n) is 2.27. The number of hydrogen-bond donors (Lipinski definition) is 1. The molecular formula is C11H18N2O. The van der Waals surface area contributed by atoms with Gasteiger partial charge in [-0.3, -0.25) is 4.79 Å². The summed E-state index contributed by atoms with van der Waals surface area (Å²) in [5, 5.41) is 0. The topological polar surface area (TPSA) is 45.8 Å². The van der Waals surface area contributed by atoms with Crippen LogP contribution in [0.25, 0.3) is 0 Å². The van der Waals surface area contributed by atoms with Crippen molar-refractivity contribution in [2.24, 2.45) is 0 Å². The summed E-state index contributed by atoms with van der Waals surface area (Å²) in [7, 11) is 0. The lowest BCUT2D eigenvalue weighted by molar-refractivity contribution is 0.744. The molecule has 1 N–H and O–H groups in total. The van der Waals surface area contributed by atoms with E-state index in [2.05, 4.69) is 30.7 Å². The monoisotopic (exact) mass is 194 g/mol. The van der Waals surface area contributed by atoms with Gasteiger partial charge in [-0.1, -0.05) is 20.8 Å². The van der Waals surface area contributed by atoms with Crippen molar-refractivity contribution in [2.45, 2.75) is 46.5 Å². The van der Waals surface area contributed by atoms with Crippen LogP contribution in [0.4, 0.5) is 0 Å². The average molecular weight is 194 g/mol. The quantitative estimate of drug-likeness (QED) is 0.801. The average Bonchev–Trinajstić information content (AvgIpc) is 2.11. The highest BCUT2D eigenvalue weighted by atomic mass is 16.1. The molecule has 0 saturated carbocycles. The van der Waals surface area contributed by atoms with Crippen molar-refractivity contribution in [3.63, 3.8) is 0 Å². The molecule has 0 radical (unpaired) electrons. The summed E-state index contributed by atoms with van der Waals surface area (Å²) in [5.74, 6) is 1.12. The van der Waals surface area contributed by atoms with Gasteiger partial charge in [0.25, 0.3) is 5.56 Å². The molecule has 0 unspecified atom stereocenters. The number of H-pyrrole nitrogens is 1. The fraction of sp³-hybridized carbons (Fsp3) is 0.636. The number of aromatic amines is 1. The maximum atomic E-state index is 11.5. The van der Waals surface area contributed by atoms with Crippen LogP contribution in [0, 0.1) is 6.92 Å². The summed E-state index contributed by atoms with van der Waals surface area (Å²) in [6.45, 7) is 8.03. The van der Waals surface area contributed by atoms with Gasteiger partial charge in [-0.15, -0.1) is 0 Å². The summed E-state index contributed by atoms with van der Waals surface area (Å²) < 4.78 is 0. The van der Waals surface area contributed by atoms with Crippen molar-refractivity contribution in [1.82, 2.24) is 9.97 Å². The normalized spacial score (nSPS) is 10.9. The van der Waals surface area contributed by atoms with Crippen LogP contribution in [-0.4, -0.2) is 9.97 Å². The Labute approximate surface area is 84.6 Å². The van der Waals surface area contributed by atoms with Crippen molar-refractivity contribution in [3.05, 3.63) is 27.4 Å². The molecule has 0 aliphatic carbocycles. The lowest BCUT2D eigenvalue weighted by atomic mass is 10.1. The second-order valence-corrected chi connectivity index (χ2v) is 3.93. The highest BCUT2D eigenvalue weighted by molar-refractivity contribution is 5.19. The maximum absolute atomic E-state index is 11.5. The highest BCUT2D eigenvalue weighted by Crippen LogP contribution is 2.13. The summed E-state index contributed by atoms with van der Waals surface area (Å²) in [4.78, 5) is 18.8. The van der Waals surface area contributed by atoms with Crippen LogP contribution in [0.15, 0.2) is 4.79 Å². The van der Waals surface area contributed by atoms with Crippen molar-refractivity contribution in [2.75, 3.05) is 0 Å². The van der Waals surface area contributed by atoms with E-state index in [1.54, 1.807) is 0 Å². The van der Waals surface area contributed by atoms with Crippen LogP contribution >= 0.6 is 0 Å². The number of nitrogens with one attached hydrogen (secondary N) is 1. The van der Waals surface area contributed by atoms with Gasteiger partial charge in [-0.2, -0.15) is 0 Å². The van der Waals surface area contributed by atoms with Gasteiger partial charge in [-0.05, 0) is 19.3 Å². The Hall–Kier alpha value is -1.12. The molecule has 0 fully saturated rings. The Bertz CT molecular complexity index is 366. The smallest absolute Gasteiger partial charge is 0.254 e. The molecule has 0 amide bonds. The van der Waals surface area contributed by atoms with Crippen LogP contribution in [0.2, 0.25) is 0 Å². The van der Waals surface area contributed by atoms with Gasteiger partial charge in [0.2, 0.25) is 0 Å². The molecule has 14 heavy (non-hydrogen) atoms. The van der Waals surface area contributed by atoms with E-state index in [9.17, 15) is 4.79 Å². The molecule has 1 heterocycles. The van der Waals surface area contributed by atoms with Gasteiger partial charge < -0.3 is 4.98 Å². The number of aromatic nitrogens is 2. The van der Waals surface area contributed by atoms with Crippen molar-refractivity contribution < 1.29 is 0 Å². The van der Waals surface area contributed by atoms with Gasteiger partial charge in [0.1, 0.15) is 5.82 Å². The summed E-state index contributed by atoms with van der Waals surface area (Å²) in [6.07, 6.45) is 1.85. The van der Waals surface area contributed by atoms with Crippen molar-refractivity contribution in [1.29, 1.82) is 0 Å². The summed E-state index contributed by atoms with van der Waals surface area (Å²) >= 11 is 0. The van der Waals surface area contributed by atoms with E-state index in [0.717, 1.165) is 29.9 Å². The fourth-order valence-corrected chi connectivity index (χ4v) is 1.52. The van der Waals surface area contributed by atoms with Crippen LogP contribution < -0.4 is 5.56 Å². The lowest BCUT2D eigenvalue weighted by Gasteiger charge is -2.09. The molecule has 0 bridgehead atoms. The van der Waals surface area contributed by atoms with Crippen LogP contribution in [0.1, 0.15) is 50.2 Å². The molecule has 0 aromatic carbocycles. The number of aryl methyl sites for hydroxylation is 1. The first-order chi connectivity index (χ1) is 6.56. The molecule has 1 aromatic rings. The second-order valence-electron chi connectivity index (χ2n) is 3.93. The molecule has 0 aliphatic heterocycles. The standard InChI is InChI=1S/C11H18N2O/c1-5-6-9-12-10(7(2)3)8(4)11(14)13-9/h7H,5-6H2,1-4H3,(H,12,13,14). The predicted molar refractivity (Wildman–Crippen MR) is 57.7 cm³/mol. The second kappa shape index (κ2) is 4.40. The molecule has 0 saturated heterocycles. The zero-order valence-electron chi connectivity index (χ0n) is 9.35. The fourth-order valence-electron chi connectivity index (χ4n) is 1.52. The molecule has 3 heteroatoms. The molecule has 0 spiro atoms. The zero-order chi connectivity index (χ0) is 10.7. The van der Waals surface area contributed by atoms with Gasteiger partial charge in [0.05, 0.1) is 5.69 Å². The minimum atomic E-state index is 0.00662. The van der Waals surface area contributed by atoms with Crippen molar-refractivity contribution >= 4 is 0 Å². The van der Waals surface area contributed by atoms with Crippen LogP contribution in [-0.2, 0) is 6.42 Å². The summed E-state index contributed by atoms with van der Waals surface area (Å²) in [5.41, 5.74) is 1.68. The zero-order valence-corrected chi connectivity index (χ0v) is 9.35. The number of hydrogen-bond acceptors (Lipinski definition) is 2. The minimum Gasteiger partial charge on any atom is -0.310 e. The summed E-state index contributed by atoms with van der Waals surface area (Å²) in [6, 6.07) is 0. The van der Waals surface area contributed by atoms with Crippen molar-refractivity contribution in [3.8, 4) is 0 Å². The first kappa shape index (κ1) is 11.0. The molecule has 1 rings (SSSR count). The first-order valence-electron chi connectivity index (χ1n) is 5.16. The van der Waals surface area contributed by atoms with E-state index in [1.807, 2.05) is 6.92 Å². The SMILES string of the molecule is CCCc1nc(C(C)C)c(C)c(=O)[nH]1. The largest absolute Gasteiger partial charge is 0.310 e. The van der Waals surface area contributed by atoms with Gasteiger partial charge >= 0.3 is 0 Å². The Morgan fingerprint density at radius 2 is 2.07 bits per heavy atom. The highest BCUT2D eigenvalue weighted by Gasteiger charge is 2.09. The lowest BCUT2D eigenvalue weighted by Crippen LogP contribution is -2.18. The number of rotatable bonds is 3. The Morgan fingerprint density at radius 1 is 1.43 bits per heavy atom. The minimum absolute atomic E-state index is 0.00662.